The Morgan fingerprint density at radius 3 is 2.86 bits per heavy atom. The van der Waals surface area contributed by atoms with Gasteiger partial charge in [0, 0.05) is 24.5 Å². The number of hydrogen-bond donors (Lipinski definition) is 3. The van der Waals surface area contributed by atoms with E-state index in [1.54, 1.807) is 0 Å². The van der Waals surface area contributed by atoms with E-state index in [1.807, 2.05) is 32.0 Å². The Balaban J connectivity index is 2.62. The van der Waals surface area contributed by atoms with E-state index in [0.29, 0.717) is 0 Å². The number of benzene rings is 1. The maximum atomic E-state index is 8.87. The first kappa shape index (κ1) is 10.9. The molecular weight excluding hydrogens is 176 g/mol. The zero-order valence-corrected chi connectivity index (χ0v) is 8.75. The van der Waals surface area contributed by atoms with Gasteiger partial charge in [-0.2, -0.15) is 0 Å². The zero-order chi connectivity index (χ0) is 10.6. The third-order valence-corrected chi connectivity index (χ3v) is 2.21. The minimum atomic E-state index is 0.203. The Morgan fingerprint density at radius 2 is 2.21 bits per heavy atom. The largest absolute Gasteiger partial charge is 0.399 e. The highest BCUT2D eigenvalue weighted by molar-refractivity contribution is 5.59. The van der Waals surface area contributed by atoms with Crippen molar-refractivity contribution >= 4 is 11.4 Å². The summed E-state index contributed by atoms with van der Waals surface area (Å²) >= 11 is 0. The van der Waals surface area contributed by atoms with E-state index in [0.717, 1.165) is 17.9 Å². The van der Waals surface area contributed by atoms with Gasteiger partial charge in [-0.25, -0.2) is 0 Å². The van der Waals surface area contributed by atoms with Gasteiger partial charge in [0.15, 0.2) is 0 Å². The number of nitrogen functional groups attached to an aromatic ring is 1. The fourth-order valence-corrected chi connectivity index (χ4v) is 1.18. The van der Waals surface area contributed by atoms with Crippen molar-refractivity contribution in [2.75, 3.05) is 24.2 Å². The molecular formula is C11H18N2O. The predicted octanol–water partition coefficient (Wildman–Crippen LogP) is 1.62. The van der Waals surface area contributed by atoms with Crippen LogP contribution in [0.5, 0.6) is 0 Å². The monoisotopic (exact) mass is 194 g/mol. The molecule has 0 aliphatic rings. The summed E-state index contributed by atoms with van der Waals surface area (Å²) in [5.41, 5.74) is 8.65. The third kappa shape index (κ3) is 2.92. The summed E-state index contributed by atoms with van der Waals surface area (Å²) in [5, 5.41) is 12.1. The van der Waals surface area contributed by atoms with E-state index < -0.39 is 0 Å². The smallest absolute Gasteiger partial charge is 0.0473 e. The first-order chi connectivity index (χ1) is 6.63. The standard InChI is InChI=1S/C11H18N2O/c1-8(7-14)6-13-11-5-10(12)4-3-9(11)2/h3-5,8,13-14H,6-7,12H2,1-2H3. The van der Waals surface area contributed by atoms with Crippen molar-refractivity contribution in [1.82, 2.24) is 0 Å². The molecule has 3 heteroatoms. The van der Waals surface area contributed by atoms with E-state index in [-0.39, 0.29) is 12.5 Å². The van der Waals surface area contributed by atoms with Crippen LogP contribution in [0.1, 0.15) is 12.5 Å². The Labute approximate surface area is 84.9 Å². The average Bonchev–Trinajstić information content (AvgIpc) is 2.19. The molecule has 3 nitrogen and oxygen atoms in total. The number of aliphatic hydroxyl groups excluding tert-OH is 1. The summed E-state index contributed by atoms with van der Waals surface area (Å²) in [6.45, 7) is 5.00. The van der Waals surface area contributed by atoms with Crippen LogP contribution in [-0.2, 0) is 0 Å². The molecule has 0 saturated heterocycles. The van der Waals surface area contributed by atoms with Crippen LogP contribution in [0.15, 0.2) is 18.2 Å². The lowest BCUT2D eigenvalue weighted by atomic mass is 10.1. The van der Waals surface area contributed by atoms with Crippen LogP contribution in [0.2, 0.25) is 0 Å². The molecule has 0 amide bonds. The molecule has 0 saturated carbocycles. The van der Waals surface area contributed by atoms with E-state index in [1.165, 1.54) is 5.56 Å². The Morgan fingerprint density at radius 1 is 1.50 bits per heavy atom. The van der Waals surface area contributed by atoms with Crippen LogP contribution in [-0.4, -0.2) is 18.3 Å². The molecule has 0 aliphatic heterocycles. The van der Waals surface area contributed by atoms with Crippen molar-refractivity contribution < 1.29 is 5.11 Å². The second-order valence-electron chi connectivity index (χ2n) is 3.74. The number of rotatable bonds is 4. The summed E-state index contributed by atoms with van der Waals surface area (Å²) in [4.78, 5) is 0. The molecule has 0 radical (unpaired) electrons. The minimum absolute atomic E-state index is 0.203. The second kappa shape index (κ2) is 4.86. The van der Waals surface area contributed by atoms with Gasteiger partial charge in [-0.3, -0.25) is 0 Å². The van der Waals surface area contributed by atoms with Crippen LogP contribution in [0.3, 0.4) is 0 Å². The molecule has 0 heterocycles. The lowest BCUT2D eigenvalue weighted by Crippen LogP contribution is -2.15. The quantitative estimate of drug-likeness (QED) is 0.638. The van der Waals surface area contributed by atoms with Crippen molar-refractivity contribution in [1.29, 1.82) is 0 Å². The normalized spacial score (nSPS) is 12.5. The molecule has 0 aromatic heterocycles. The van der Waals surface area contributed by atoms with Crippen LogP contribution in [0.25, 0.3) is 0 Å². The minimum Gasteiger partial charge on any atom is -0.399 e. The predicted molar refractivity (Wildman–Crippen MR) is 60.3 cm³/mol. The summed E-state index contributed by atoms with van der Waals surface area (Å²) < 4.78 is 0. The highest BCUT2D eigenvalue weighted by Crippen LogP contribution is 2.18. The van der Waals surface area contributed by atoms with Crippen molar-refractivity contribution in [2.24, 2.45) is 5.92 Å². The lowest BCUT2D eigenvalue weighted by Gasteiger charge is -2.13. The molecule has 78 valence electrons. The molecule has 1 aromatic carbocycles. The van der Waals surface area contributed by atoms with Gasteiger partial charge in [0.25, 0.3) is 0 Å². The first-order valence-electron chi connectivity index (χ1n) is 4.84. The van der Waals surface area contributed by atoms with Crippen LogP contribution in [0.4, 0.5) is 11.4 Å². The van der Waals surface area contributed by atoms with E-state index in [4.69, 9.17) is 10.8 Å². The second-order valence-corrected chi connectivity index (χ2v) is 3.74. The molecule has 1 rings (SSSR count). The van der Waals surface area contributed by atoms with Gasteiger partial charge >= 0.3 is 0 Å². The maximum Gasteiger partial charge on any atom is 0.0473 e. The fraction of sp³-hybridized carbons (Fsp3) is 0.455. The summed E-state index contributed by atoms with van der Waals surface area (Å²) in [6.07, 6.45) is 0. The molecule has 0 fully saturated rings. The fourth-order valence-electron chi connectivity index (χ4n) is 1.18. The average molecular weight is 194 g/mol. The van der Waals surface area contributed by atoms with Gasteiger partial charge in [-0.1, -0.05) is 13.0 Å². The van der Waals surface area contributed by atoms with E-state index in [2.05, 4.69) is 5.32 Å². The number of nitrogens with one attached hydrogen (secondary N) is 1. The van der Waals surface area contributed by atoms with Gasteiger partial charge in [-0.05, 0) is 30.5 Å². The number of aliphatic hydroxyl groups is 1. The molecule has 1 unspecified atom stereocenters. The third-order valence-electron chi connectivity index (χ3n) is 2.21. The van der Waals surface area contributed by atoms with Crippen molar-refractivity contribution in [3.8, 4) is 0 Å². The summed E-state index contributed by atoms with van der Waals surface area (Å²) in [6, 6.07) is 5.79. The van der Waals surface area contributed by atoms with E-state index in [9.17, 15) is 0 Å². The van der Waals surface area contributed by atoms with Gasteiger partial charge in [0.2, 0.25) is 0 Å². The zero-order valence-electron chi connectivity index (χ0n) is 8.75. The van der Waals surface area contributed by atoms with Crippen LogP contribution < -0.4 is 11.1 Å². The molecule has 0 spiro atoms. The SMILES string of the molecule is Cc1ccc(N)cc1NCC(C)CO. The lowest BCUT2D eigenvalue weighted by molar-refractivity contribution is 0.244. The van der Waals surface area contributed by atoms with Gasteiger partial charge < -0.3 is 16.2 Å². The van der Waals surface area contributed by atoms with Gasteiger partial charge in [-0.15, -0.1) is 0 Å². The Bertz CT molecular complexity index is 299. The Hall–Kier alpha value is -1.22. The first-order valence-corrected chi connectivity index (χ1v) is 4.84. The van der Waals surface area contributed by atoms with Crippen molar-refractivity contribution in [2.45, 2.75) is 13.8 Å². The molecule has 1 atom stereocenters. The summed E-state index contributed by atoms with van der Waals surface area (Å²) in [5.74, 6) is 0.260. The highest BCUT2D eigenvalue weighted by Gasteiger charge is 2.01. The van der Waals surface area contributed by atoms with E-state index >= 15 is 0 Å². The maximum absolute atomic E-state index is 8.87. The number of nitrogens with two attached hydrogens (primary N) is 1. The highest BCUT2D eigenvalue weighted by atomic mass is 16.3. The number of anilines is 2. The molecule has 1 aromatic rings. The molecule has 0 bridgehead atoms. The van der Waals surface area contributed by atoms with Crippen molar-refractivity contribution in [3.63, 3.8) is 0 Å². The number of hydrogen-bond acceptors (Lipinski definition) is 3. The molecule has 0 aliphatic carbocycles. The topological polar surface area (TPSA) is 58.3 Å². The summed E-state index contributed by atoms with van der Waals surface area (Å²) in [7, 11) is 0. The van der Waals surface area contributed by atoms with Crippen LogP contribution >= 0.6 is 0 Å². The van der Waals surface area contributed by atoms with Crippen molar-refractivity contribution in [3.05, 3.63) is 23.8 Å². The van der Waals surface area contributed by atoms with Gasteiger partial charge in [0.05, 0.1) is 0 Å². The van der Waals surface area contributed by atoms with Crippen LogP contribution in [0, 0.1) is 12.8 Å². The molecule has 4 N–H and O–H groups in total. The van der Waals surface area contributed by atoms with Gasteiger partial charge in [0.1, 0.15) is 0 Å². The number of aryl methyl sites for hydroxylation is 1. The molecule has 14 heavy (non-hydrogen) atoms. The Kier molecular flexibility index (Phi) is 3.77.